The topological polar surface area (TPSA) is 208 Å². The number of piperazine rings is 1. The number of aromatic amines is 1. The van der Waals surface area contributed by atoms with Gasteiger partial charge in [0, 0.05) is 76.9 Å². The molecule has 0 atom stereocenters. The van der Waals surface area contributed by atoms with Gasteiger partial charge in [-0.25, -0.2) is 9.97 Å². The lowest BCUT2D eigenvalue weighted by Gasteiger charge is -2.36. The first kappa shape index (κ1) is 41.3. The van der Waals surface area contributed by atoms with E-state index in [-0.39, 0.29) is 47.4 Å². The number of piperidine rings is 1. The van der Waals surface area contributed by atoms with Gasteiger partial charge in [0.05, 0.1) is 60.6 Å². The quantitative estimate of drug-likeness (QED) is 0.0832. The first-order valence-corrected chi connectivity index (χ1v) is 20.2. The second-order valence-electron chi connectivity index (χ2n) is 14.5. The van der Waals surface area contributed by atoms with E-state index in [0.717, 1.165) is 60.6 Å². The minimum atomic E-state index is -0.412. The SMILES string of the molecule is CCc1cc2ncc(CN3CCN(c4ccc(C(=O)N5CCC(OCCNC(=O)c6ccc(NC(=O)CNCCn7ccnn7)c(Cl)n6)CC5)nc4)CC3)cc2[nH]c1=O. The molecule has 4 N–H and O–H groups in total. The van der Waals surface area contributed by atoms with E-state index in [2.05, 4.69) is 56.0 Å². The van der Waals surface area contributed by atoms with Gasteiger partial charge in [-0.1, -0.05) is 23.7 Å². The summed E-state index contributed by atoms with van der Waals surface area (Å²) in [5.41, 5.74) is 5.12. The van der Waals surface area contributed by atoms with Crippen LogP contribution < -0.4 is 26.4 Å². The molecule has 18 nitrogen and oxygen atoms in total. The average Bonchev–Trinajstić information content (AvgIpc) is 3.78. The minimum absolute atomic E-state index is 0.00514. The molecular formula is C40H48ClN13O5. The number of aromatic nitrogens is 7. The van der Waals surface area contributed by atoms with E-state index in [0.29, 0.717) is 63.4 Å². The molecule has 7 rings (SSSR count). The van der Waals surface area contributed by atoms with Crippen molar-refractivity contribution in [2.45, 2.75) is 45.4 Å². The van der Waals surface area contributed by atoms with E-state index in [1.54, 1.807) is 34.2 Å². The van der Waals surface area contributed by atoms with Crippen molar-refractivity contribution in [1.82, 2.24) is 55.4 Å². The lowest BCUT2D eigenvalue weighted by Crippen LogP contribution is -2.46. The Balaban J connectivity index is 0.772. The lowest BCUT2D eigenvalue weighted by molar-refractivity contribution is -0.115. The second kappa shape index (κ2) is 19.8. The van der Waals surface area contributed by atoms with Gasteiger partial charge in [0.25, 0.3) is 17.4 Å². The van der Waals surface area contributed by atoms with Gasteiger partial charge < -0.3 is 35.5 Å². The molecule has 19 heteroatoms. The van der Waals surface area contributed by atoms with Crippen LogP contribution in [0.3, 0.4) is 0 Å². The Morgan fingerprint density at radius 2 is 1.78 bits per heavy atom. The van der Waals surface area contributed by atoms with Gasteiger partial charge in [0.15, 0.2) is 5.15 Å². The molecule has 0 bridgehead atoms. The summed E-state index contributed by atoms with van der Waals surface area (Å²) < 4.78 is 7.66. The molecule has 2 aliphatic rings. The third-order valence-corrected chi connectivity index (χ3v) is 10.7. The molecule has 59 heavy (non-hydrogen) atoms. The number of nitrogens with one attached hydrogen (secondary N) is 4. The third-order valence-electron chi connectivity index (χ3n) is 10.4. The smallest absolute Gasteiger partial charge is 0.272 e. The van der Waals surface area contributed by atoms with E-state index in [1.807, 2.05) is 31.3 Å². The van der Waals surface area contributed by atoms with Crippen LogP contribution in [-0.4, -0.2) is 134 Å². The van der Waals surface area contributed by atoms with Crippen molar-refractivity contribution >= 4 is 51.7 Å². The number of hydrogen-bond acceptors (Lipinski definition) is 13. The Morgan fingerprint density at radius 1 is 0.966 bits per heavy atom. The van der Waals surface area contributed by atoms with Crippen molar-refractivity contribution in [1.29, 1.82) is 0 Å². The largest absolute Gasteiger partial charge is 0.376 e. The van der Waals surface area contributed by atoms with Crippen molar-refractivity contribution in [3.05, 3.63) is 99.2 Å². The summed E-state index contributed by atoms with van der Waals surface area (Å²) in [5, 5.41) is 16.1. The number of nitrogens with zero attached hydrogens (tertiary/aromatic N) is 9. The second-order valence-corrected chi connectivity index (χ2v) is 14.8. The monoisotopic (exact) mass is 825 g/mol. The molecule has 5 aromatic heterocycles. The molecule has 2 aliphatic heterocycles. The Hall–Kier alpha value is -5.82. The molecule has 0 radical (unpaired) electrons. The molecule has 7 heterocycles. The van der Waals surface area contributed by atoms with Gasteiger partial charge in [0.2, 0.25) is 5.91 Å². The average molecular weight is 826 g/mol. The highest BCUT2D eigenvalue weighted by Crippen LogP contribution is 2.22. The van der Waals surface area contributed by atoms with Crippen LogP contribution in [0.1, 0.15) is 51.9 Å². The number of anilines is 2. The number of aryl methyl sites for hydroxylation is 1. The molecule has 2 fully saturated rings. The summed E-state index contributed by atoms with van der Waals surface area (Å²) in [4.78, 5) is 73.2. The standard InChI is InChI=1S/C40H48ClN13O5/c1-2-28-22-34-35(49-38(28)56)21-27(23-44-34)26-51-16-18-52(19-17-51)29-3-4-33(45-24-29)40(58)53-12-7-30(8-13-53)59-20-11-43-39(57)32-6-5-31(37(41)48-32)47-36(55)25-42-9-14-54-15-10-46-50-54/h3-6,10,15,21-24,30,42H,2,7-9,11-14,16-20,25-26H2,1H3,(H,43,57)(H,47,55)(H,49,56). The zero-order valence-corrected chi connectivity index (χ0v) is 33.7. The van der Waals surface area contributed by atoms with E-state index >= 15 is 0 Å². The molecule has 0 unspecified atom stereocenters. The Kier molecular flexibility index (Phi) is 13.8. The van der Waals surface area contributed by atoms with Gasteiger partial charge in [-0.2, -0.15) is 0 Å². The van der Waals surface area contributed by atoms with Crippen molar-refractivity contribution in [3.8, 4) is 0 Å². The summed E-state index contributed by atoms with van der Waals surface area (Å²) in [5.74, 6) is -0.815. The summed E-state index contributed by atoms with van der Waals surface area (Å²) in [6.07, 6.45) is 8.98. The van der Waals surface area contributed by atoms with Crippen LogP contribution in [-0.2, 0) is 29.0 Å². The number of rotatable bonds is 16. The van der Waals surface area contributed by atoms with Crippen molar-refractivity contribution in [2.24, 2.45) is 0 Å². The maximum Gasteiger partial charge on any atom is 0.272 e. The fraction of sp³-hybridized carbons (Fsp3) is 0.425. The molecule has 0 spiro atoms. The van der Waals surface area contributed by atoms with Gasteiger partial charge in [-0.05, 0) is 61.2 Å². The first-order valence-electron chi connectivity index (χ1n) is 19.9. The first-order chi connectivity index (χ1) is 28.7. The zero-order valence-electron chi connectivity index (χ0n) is 32.9. The highest BCUT2D eigenvalue weighted by Gasteiger charge is 2.26. The van der Waals surface area contributed by atoms with Gasteiger partial charge in [0.1, 0.15) is 11.4 Å². The van der Waals surface area contributed by atoms with Crippen LogP contribution >= 0.6 is 11.6 Å². The van der Waals surface area contributed by atoms with Crippen molar-refractivity contribution in [3.63, 3.8) is 0 Å². The van der Waals surface area contributed by atoms with Gasteiger partial charge in [-0.3, -0.25) is 33.7 Å². The Bertz CT molecular complexity index is 2270. The highest BCUT2D eigenvalue weighted by atomic mass is 35.5. The van der Waals surface area contributed by atoms with Crippen LogP contribution in [0.2, 0.25) is 5.15 Å². The highest BCUT2D eigenvalue weighted by molar-refractivity contribution is 6.32. The normalized spacial score (nSPS) is 15.1. The number of hydrogen-bond donors (Lipinski definition) is 4. The van der Waals surface area contributed by atoms with Gasteiger partial charge >= 0.3 is 0 Å². The maximum atomic E-state index is 13.3. The summed E-state index contributed by atoms with van der Waals surface area (Å²) in [6, 6.07) is 10.7. The van der Waals surface area contributed by atoms with E-state index in [4.69, 9.17) is 16.3 Å². The van der Waals surface area contributed by atoms with Crippen LogP contribution in [0.4, 0.5) is 11.4 Å². The summed E-state index contributed by atoms with van der Waals surface area (Å²) in [6.45, 7) is 8.93. The third kappa shape index (κ3) is 11.0. The molecule has 0 aliphatic carbocycles. The Morgan fingerprint density at radius 3 is 2.51 bits per heavy atom. The van der Waals surface area contributed by atoms with Crippen LogP contribution in [0.5, 0.6) is 0 Å². The molecule has 0 aromatic carbocycles. The summed E-state index contributed by atoms with van der Waals surface area (Å²) >= 11 is 6.25. The number of likely N-dealkylation sites (tertiary alicyclic amines) is 1. The van der Waals surface area contributed by atoms with Crippen molar-refractivity contribution in [2.75, 3.05) is 75.7 Å². The molecule has 5 aromatic rings. The van der Waals surface area contributed by atoms with Crippen LogP contribution in [0.25, 0.3) is 11.0 Å². The van der Waals surface area contributed by atoms with Crippen LogP contribution in [0.15, 0.2) is 66.0 Å². The number of H-pyrrole nitrogens is 1. The van der Waals surface area contributed by atoms with Crippen LogP contribution in [0, 0.1) is 0 Å². The predicted octanol–water partition coefficient (Wildman–Crippen LogP) is 2.12. The minimum Gasteiger partial charge on any atom is -0.376 e. The predicted molar refractivity (Wildman–Crippen MR) is 221 cm³/mol. The number of amides is 3. The number of halogens is 1. The van der Waals surface area contributed by atoms with E-state index in [1.165, 1.54) is 12.1 Å². The summed E-state index contributed by atoms with van der Waals surface area (Å²) in [7, 11) is 0. The number of carbonyl (C=O) groups is 3. The fourth-order valence-electron chi connectivity index (χ4n) is 7.10. The fourth-order valence-corrected chi connectivity index (χ4v) is 7.30. The molecule has 2 saturated heterocycles. The maximum absolute atomic E-state index is 13.3. The number of pyridine rings is 4. The number of ether oxygens (including phenoxy) is 1. The number of fused-ring (bicyclic) bond motifs is 1. The zero-order chi connectivity index (χ0) is 41.1. The molecular weight excluding hydrogens is 778 g/mol. The molecule has 3 amide bonds. The number of carbonyl (C=O) groups excluding carboxylic acids is 3. The van der Waals surface area contributed by atoms with Gasteiger partial charge in [-0.15, -0.1) is 5.10 Å². The van der Waals surface area contributed by atoms with E-state index in [9.17, 15) is 19.2 Å². The Labute approximate surface area is 345 Å². The van der Waals surface area contributed by atoms with Crippen molar-refractivity contribution < 1.29 is 19.1 Å². The molecule has 310 valence electrons. The lowest BCUT2D eigenvalue weighted by atomic mass is 10.1. The van der Waals surface area contributed by atoms with E-state index < -0.39 is 5.91 Å². The molecule has 0 saturated carbocycles.